The van der Waals surface area contributed by atoms with Gasteiger partial charge >= 0.3 is 0 Å². The minimum Gasteiger partial charge on any atom is -0.352 e. The topological polar surface area (TPSA) is 82.1 Å². The summed E-state index contributed by atoms with van der Waals surface area (Å²) < 4.78 is 0. The normalized spacial score (nSPS) is 26.9. The number of amidine groups is 1. The monoisotopic (exact) mass is 426 g/mol. The molecule has 2 heterocycles. The van der Waals surface area contributed by atoms with Gasteiger partial charge < -0.3 is 15.1 Å². The molecule has 31 heavy (non-hydrogen) atoms. The van der Waals surface area contributed by atoms with E-state index >= 15 is 0 Å². The number of carbonyl (C=O) groups excluding carboxylic acids is 3. The molecule has 4 aliphatic rings. The van der Waals surface area contributed by atoms with E-state index in [1.54, 1.807) is 11.0 Å². The van der Waals surface area contributed by atoms with Gasteiger partial charge in [0.05, 0.1) is 13.0 Å². The molecule has 0 aromatic rings. The number of fused-ring (bicyclic) bond motifs is 1. The van der Waals surface area contributed by atoms with Crippen molar-refractivity contribution >= 4 is 23.6 Å². The summed E-state index contributed by atoms with van der Waals surface area (Å²) >= 11 is 0. The maximum atomic E-state index is 14.1. The van der Waals surface area contributed by atoms with Crippen LogP contribution < -0.4 is 5.32 Å². The van der Waals surface area contributed by atoms with E-state index in [1.807, 2.05) is 30.9 Å². The molecule has 3 amide bonds. The molecule has 7 heteroatoms. The van der Waals surface area contributed by atoms with E-state index in [9.17, 15) is 14.4 Å². The third kappa shape index (κ3) is 4.46. The Morgan fingerprint density at radius 2 is 1.84 bits per heavy atom. The average Bonchev–Trinajstić information content (AvgIpc) is 3.24. The first-order valence-electron chi connectivity index (χ1n) is 11.8. The van der Waals surface area contributed by atoms with Crippen LogP contribution in [0.4, 0.5) is 0 Å². The fourth-order valence-electron chi connectivity index (χ4n) is 5.61. The first-order valence-corrected chi connectivity index (χ1v) is 11.8. The van der Waals surface area contributed by atoms with Crippen molar-refractivity contribution in [1.29, 1.82) is 0 Å². The Balaban J connectivity index is 1.60. The van der Waals surface area contributed by atoms with Crippen molar-refractivity contribution in [3.8, 4) is 0 Å². The summed E-state index contributed by atoms with van der Waals surface area (Å²) in [6.07, 6.45) is 15.0. The van der Waals surface area contributed by atoms with Crippen LogP contribution in [0.2, 0.25) is 0 Å². The Labute approximate surface area is 184 Å². The molecule has 4 rings (SSSR count). The summed E-state index contributed by atoms with van der Waals surface area (Å²) in [4.78, 5) is 47.3. The molecule has 2 saturated carbocycles. The fourth-order valence-corrected chi connectivity index (χ4v) is 5.61. The molecular formula is C24H34N4O3. The molecule has 1 N–H and O–H groups in total. The summed E-state index contributed by atoms with van der Waals surface area (Å²) in [7, 11) is 0. The van der Waals surface area contributed by atoms with Gasteiger partial charge in [0.1, 0.15) is 11.4 Å². The molecule has 0 bridgehead atoms. The molecule has 168 valence electrons. The van der Waals surface area contributed by atoms with Crippen molar-refractivity contribution < 1.29 is 14.4 Å². The van der Waals surface area contributed by atoms with Gasteiger partial charge in [-0.2, -0.15) is 4.99 Å². The van der Waals surface area contributed by atoms with Gasteiger partial charge in [0, 0.05) is 17.8 Å². The van der Waals surface area contributed by atoms with Crippen LogP contribution >= 0.6 is 0 Å². The van der Waals surface area contributed by atoms with Crippen molar-refractivity contribution in [3.05, 3.63) is 23.9 Å². The van der Waals surface area contributed by atoms with Gasteiger partial charge in [0.2, 0.25) is 11.8 Å². The van der Waals surface area contributed by atoms with Gasteiger partial charge in [-0.3, -0.25) is 14.4 Å². The number of allylic oxidation sites excluding steroid dienone is 3. The van der Waals surface area contributed by atoms with E-state index in [4.69, 9.17) is 0 Å². The largest absolute Gasteiger partial charge is 0.352 e. The zero-order valence-corrected chi connectivity index (χ0v) is 18.7. The number of rotatable bonds is 5. The third-order valence-electron chi connectivity index (χ3n) is 7.16. The van der Waals surface area contributed by atoms with E-state index in [2.05, 4.69) is 10.3 Å². The highest BCUT2D eigenvalue weighted by Crippen LogP contribution is 2.35. The molecule has 0 spiro atoms. The van der Waals surface area contributed by atoms with Gasteiger partial charge in [0.25, 0.3) is 5.91 Å². The number of aliphatic imine (C=N–C) groups is 1. The molecule has 1 atom stereocenters. The summed E-state index contributed by atoms with van der Waals surface area (Å²) in [5, 5.41) is 3.13. The highest BCUT2D eigenvalue weighted by atomic mass is 16.2. The Morgan fingerprint density at radius 1 is 1.16 bits per heavy atom. The quantitative estimate of drug-likeness (QED) is 0.732. The van der Waals surface area contributed by atoms with Gasteiger partial charge in [-0.05, 0) is 51.7 Å². The van der Waals surface area contributed by atoms with Crippen LogP contribution in [0.5, 0.6) is 0 Å². The van der Waals surface area contributed by atoms with Gasteiger partial charge in [-0.15, -0.1) is 0 Å². The standard InChI is InChI=1S/C24H34N4O3/c1-17-9-8-14-20-26-21(29)15-24(2,28(17)20)23(31)27(19-12-4-3-5-13-19)16-22(30)25-18-10-6-7-11-18/h8-9,14,18-19H,3-7,10-13,15-16H2,1-2H3,(H,25,30). The van der Waals surface area contributed by atoms with Crippen LogP contribution in [0.3, 0.4) is 0 Å². The van der Waals surface area contributed by atoms with Crippen molar-refractivity contribution in [3.63, 3.8) is 0 Å². The zero-order chi connectivity index (χ0) is 22.0. The van der Waals surface area contributed by atoms with Gasteiger partial charge in [-0.1, -0.05) is 38.2 Å². The molecular weight excluding hydrogens is 392 g/mol. The lowest BCUT2D eigenvalue weighted by molar-refractivity contribution is -0.149. The number of amides is 3. The second-order valence-corrected chi connectivity index (χ2v) is 9.59. The van der Waals surface area contributed by atoms with Crippen LogP contribution in [0.1, 0.15) is 78.1 Å². The Kier molecular flexibility index (Phi) is 6.30. The molecule has 2 aliphatic heterocycles. The number of nitrogens with one attached hydrogen (secondary N) is 1. The maximum absolute atomic E-state index is 14.1. The van der Waals surface area contributed by atoms with Crippen LogP contribution in [0, 0.1) is 0 Å². The summed E-state index contributed by atoms with van der Waals surface area (Å²) in [5.41, 5.74) is -0.200. The molecule has 0 aromatic heterocycles. The minimum absolute atomic E-state index is 0.0157. The first-order chi connectivity index (χ1) is 14.9. The number of hydrogen-bond acceptors (Lipinski definition) is 4. The van der Waals surface area contributed by atoms with Crippen molar-refractivity contribution in [2.45, 2.75) is 95.7 Å². The second kappa shape index (κ2) is 8.97. The van der Waals surface area contributed by atoms with Crippen molar-refractivity contribution in [2.24, 2.45) is 4.99 Å². The fraction of sp³-hybridized carbons (Fsp3) is 0.667. The van der Waals surface area contributed by atoms with Crippen LogP contribution in [0.25, 0.3) is 0 Å². The number of hydrogen-bond donors (Lipinski definition) is 1. The summed E-state index contributed by atoms with van der Waals surface area (Å²) in [6.45, 7) is 3.81. The van der Waals surface area contributed by atoms with Crippen LogP contribution in [-0.2, 0) is 14.4 Å². The average molecular weight is 427 g/mol. The molecule has 7 nitrogen and oxygen atoms in total. The SMILES string of the molecule is CC1=CC=CC2=NC(=O)CC(C)(C(=O)N(CC(=O)NC3CCCC3)C3CCCCC3)N12. The minimum atomic E-state index is -1.08. The number of carbonyl (C=O) groups is 3. The van der Waals surface area contributed by atoms with E-state index in [0.717, 1.165) is 63.5 Å². The van der Waals surface area contributed by atoms with Gasteiger partial charge in [0.15, 0.2) is 0 Å². The lowest BCUT2D eigenvalue weighted by Gasteiger charge is -2.48. The lowest BCUT2D eigenvalue weighted by Crippen LogP contribution is -2.64. The molecule has 0 aromatic carbocycles. The van der Waals surface area contributed by atoms with E-state index < -0.39 is 5.54 Å². The molecule has 2 aliphatic carbocycles. The third-order valence-corrected chi connectivity index (χ3v) is 7.16. The first kappa shape index (κ1) is 21.8. The highest BCUT2D eigenvalue weighted by molar-refractivity contribution is 6.10. The highest BCUT2D eigenvalue weighted by Gasteiger charge is 2.50. The van der Waals surface area contributed by atoms with Crippen molar-refractivity contribution in [2.75, 3.05) is 6.54 Å². The lowest BCUT2D eigenvalue weighted by atomic mass is 9.87. The Bertz CT molecular complexity index is 834. The van der Waals surface area contributed by atoms with E-state index in [1.165, 1.54) is 0 Å². The zero-order valence-electron chi connectivity index (χ0n) is 18.7. The predicted octanol–water partition coefficient (Wildman–Crippen LogP) is 3.07. The van der Waals surface area contributed by atoms with E-state index in [0.29, 0.717) is 5.84 Å². The smallest absolute Gasteiger partial charge is 0.250 e. The Hall–Kier alpha value is -2.44. The molecule has 1 unspecified atom stereocenters. The molecule has 0 radical (unpaired) electrons. The molecule has 0 saturated heterocycles. The van der Waals surface area contributed by atoms with Crippen LogP contribution in [0.15, 0.2) is 28.9 Å². The van der Waals surface area contributed by atoms with E-state index in [-0.39, 0.29) is 42.8 Å². The maximum Gasteiger partial charge on any atom is 0.250 e. The summed E-state index contributed by atoms with van der Waals surface area (Å²) in [6, 6.07) is 0.258. The summed E-state index contributed by atoms with van der Waals surface area (Å²) in [5.74, 6) is -0.0208. The second-order valence-electron chi connectivity index (χ2n) is 9.59. The van der Waals surface area contributed by atoms with Crippen LogP contribution in [-0.4, -0.2) is 57.5 Å². The molecule has 2 fully saturated rings. The Morgan fingerprint density at radius 3 is 2.55 bits per heavy atom. The van der Waals surface area contributed by atoms with Gasteiger partial charge in [-0.25, -0.2) is 0 Å². The number of nitrogens with zero attached hydrogens (tertiary/aromatic N) is 3. The predicted molar refractivity (Wildman–Crippen MR) is 119 cm³/mol. The van der Waals surface area contributed by atoms with Crippen molar-refractivity contribution in [1.82, 2.24) is 15.1 Å².